The Morgan fingerprint density at radius 2 is 1.83 bits per heavy atom. The van der Waals surface area contributed by atoms with Crippen LogP contribution in [0.2, 0.25) is 5.02 Å². The summed E-state index contributed by atoms with van der Waals surface area (Å²) < 4.78 is 10.6. The van der Waals surface area contributed by atoms with Crippen LogP contribution in [0, 0.1) is 0 Å². The predicted molar refractivity (Wildman–Crippen MR) is 77.2 cm³/mol. The molecule has 0 amide bonds. The lowest BCUT2D eigenvalue weighted by molar-refractivity contribution is 0.404. The van der Waals surface area contributed by atoms with E-state index in [0.29, 0.717) is 16.8 Å². The highest BCUT2D eigenvalue weighted by Crippen LogP contribution is 2.36. The first-order chi connectivity index (χ1) is 8.65. The molecule has 0 aromatic heterocycles. The van der Waals surface area contributed by atoms with Gasteiger partial charge >= 0.3 is 0 Å². The van der Waals surface area contributed by atoms with Gasteiger partial charge in [0.15, 0.2) is 0 Å². The zero-order chi connectivity index (χ0) is 13.5. The number of methoxy groups -OCH3 is 2. The van der Waals surface area contributed by atoms with Crippen LogP contribution >= 0.6 is 11.6 Å². The summed E-state index contributed by atoms with van der Waals surface area (Å²) in [5, 5.41) is 4.05. The van der Waals surface area contributed by atoms with Crippen LogP contribution in [0.3, 0.4) is 0 Å². The van der Waals surface area contributed by atoms with Crippen molar-refractivity contribution in [1.29, 1.82) is 0 Å². The van der Waals surface area contributed by atoms with Crippen molar-refractivity contribution in [2.24, 2.45) is 0 Å². The summed E-state index contributed by atoms with van der Waals surface area (Å²) in [5.41, 5.74) is 0.930. The van der Waals surface area contributed by atoms with Gasteiger partial charge in [0.05, 0.1) is 24.9 Å². The van der Waals surface area contributed by atoms with Crippen molar-refractivity contribution in [3.8, 4) is 11.5 Å². The van der Waals surface area contributed by atoms with Crippen molar-refractivity contribution in [1.82, 2.24) is 0 Å². The third-order valence-corrected chi connectivity index (χ3v) is 3.26. The first kappa shape index (κ1) is 15.0. The number of benzene rings is 1. The third kappa shape index (κ3) is 3.70. The van der Waals surface area contributed by atoms with Crippen LogP contribution < -0.4 is 14.8 Å². The summed E-state index contributed by atoms with van der Waals surface area (Å²) >= 11 is 6.08. The molecule has 3 nitrogen and oxygen atoms in total. The lowest BCUT2D eigenvalue weighted by atomic mass is 10.1. The average molecular weight is 272 g/mol. The van der Waals surface area contributed by atoms with Crippen LogP contribution in [-0.2, 0) is 0 Å². The molecule has 1 aromatic rings. The fourth-order valence-corrected chi connectivity index (χ4v) is 2.15. The van der Waals surface area contributed by atoms with Gasteiger partial charge in [-0.2, -0.15) is 0 Å². The summed E-state index contributed by atoms with van der Waals surface area (Å²) in [6, 6.07) is 4.11. The molecular formula is C14H22ClNO2. The van der Waals surface area contributed by atoms with Crippen molar-refractivity contribution in [3.05, 3.63) is 17.2 Å². The number of ether oxygens (including phenoxy) is 2. The third-order valence-electron chi connectivity index (χ3n) is 2.96. The van der Waals surface area contributed by atoms with Gasteiger partial charge in [0, 0.05) is 18.2 Å². The molecule has 0 heterocycles. The Labute approximate surface area is 114 Å². The van der Waals surface area contributed by atoms with Gasteiger partial charge in [-0.15, -0.1) is 0 Å². The summed E-state index contributed by atoms with van der Waals surface area (Å²) in [6.07, 6.45) is 3.35. The van der Waals surface area contributed by atoms with Gasteiger partial charge in [-0.25, -0.2) is 0 Å². The second kappa shape index (κ2) is 7.37. The second-order valence-electron chi connectivity index (χ2n) is 4.23. The van der Waals surface area contributed by atoms with E-state index in [1.54, 1.807) is 20.3 Å². The van der Waals surface area contributed by atoms with E-state index in [4.69, 9.17) is 21.1 Å². The van der Waals surface area contributed by atoms with Crippen molar-refractivity contribution in [3.63, 3.8) is 0 Å². The van der Waals surface area contributed by atoms with E-state index in [2.05, 4.69) is 19.2 Å². The van der Waals surface area contributed by atoms with Crippen LogP contribution in [0.15, 0.2) is 12.1 Å². The summed E-state index contributed by atoms with van der Waals surface area (Å²) in [4.78, 5) is 0. The summed E-state index contributed by atoms with van der Waals surface area (Å²) in [5.74, 6) is 1.40. The molecule has 102 valence electrons. The molecule has 1 rings (SSSR count). The molecule has 1 unspecified atom stereocenters. The van der Waals surface area contributed by atoms with E-state index < -0.39 is 0 Å². The van der Waals surface area contributed by atoms with Crippen LogP contribution in [0.4, 0.5) is 5.69 Å². The van der Waals surface area contributed by atoms with Crippen LogP contribution in [0.5, 0.6) is 11.5 Å². The molecule has 0 aliphatic rings. The number of hydrogen-bond donors (Lipinski definition) is 1. The normalized spacial score (nSPS) is 12.1. The first-order valence-corrected chi connectivity index (χ1v) is 6.72. The highest BCUT2D eigenvalue weighted by Gasteiger charge is 2.13. The molecule has 0 saturated heterocycles. The lowest BCUT2D eigenvalue weighted by Gasteiger charge is -2.20. The maximum atomic E-state index is 6.08. The van der Waals surface area contributed by atoms with Gasteiger partial charge in [-0.05, 0) is 12.8 Å². The Hall–Kier alpha value is -1.09. The van der Waals surface area contributed by atoms with Crippen LogP contribution in [0.25, 0.3) is 0 Å². The average Bonchev–Trinajstić information content (AvgIpc) is 2.39. The molecule has 0 bridgehead atoms. The van der Waals surface area contributed by atoms with E-state index in [1.807, 2.05) is 6.07 Å². The van der Waals surface area contributed by atoms with E-state index in [-0.39, 0.29) is 0 Å². The van der Waals surface area contributed by atoms with Gasteiger partial charge in [-0.1, -0.05) is 31.9 Å². The maximum Gasteiger partial charge on any atom is 0.143 e. The van der Waals surface area contributed by atoms with E-state index >= 15 is 0 Å². The molecular weight excluding hydrogens is 250 g/mol. The molecule has 0 saturated carbocycles. The van der Waals surface area contributed by atoms with E-state index in [1.165, 1.54) is 0 Å². The summed E-state index contributed by atoms with van der Waals surface area (Å²) in [7, 11) is 3.25. The number of hydrogen-bond acceptors (Lipinski definition) is 3. The zero-order valence-electron chi connectivity index (χ0n) is 11.5. The molecule has 0 aliphatic heterocycles. The monoisotopic (exact) mass is 271 g/mol. The Kier molecular flexibility index (Phi) is 6.13. The smallest absolute Gasteiger partial charge is 0.143 e. The Balaban J connectivity index is 2.98. The van der Waals surface area contributed by atoms with Crippen molar-refractivity contribution in [2.45, 2.75) is 39.2 Å². The standard InChI is InChI=1S/C14H22ClNO2/c1-5-7-10(6-2)16-12-9-13(17-3)11(15)8-14(12)18-4/h8-10,16H,5-7H2,1-4H3. The SMILES string of the molecule is CCCC(CC)Nc1cc(OC)c(Cl)cc1OC. The lowest BCUT2D eigenvalue weighted by Crippen LogP contribution is -2.18. The number of nitrogens with one attached hydrogen (secondary N) is 1. The molecule has 1 N–H and O–H groups in total. The first-order valence-electron chi connectivity index (χ1n) is 6.34. The highest BCUT2D eigenvalue weighted by atomic mass is 35.5. The Morgan fingerprint density at radius 1 is 1.17 bits per heavy atom. The maximum absolute atomic E-state index is 6.08. The minimum Gasteiger partial charge on any atom is -0.495 e. The predicted octanol–water partition coefficient (Wildman–Crippen LogP) is 4.35. The largest absolute Gasteiger partial charge is 0.495 e. The molecule has 0 radical (unpaired) electrons. The molecule has 1 atom stereocenters. The molecule has 0 fully saturated rings. The topological polar surface area (TPSA) is 30.5 Å². The molecule has 4 heteroatoms. The Bertz CT molecular complexity index is 382. The van der Waals surface area contributed by atoms with Gasteiger partial charge in [-0.3, -0.25) is 0 Å². The van der Waals surface area contributed by atoms with E-state index in [0.717, 1.165) is 30.7 Å². The number of rotatable bonds is 7. The molecule has 18 heavy (non-hydrogen) atoms. The fraction of sp³-hybridized carbons (Fsp3) is 0.571. The fourth-order valence-electron chi connectivity index (χ4n) is 1.92. The number of halogens is 1. The van der Waals surface area contributed by atoms with Crippen LogP contribution in [0.1, 0.15) is 33.1 Å². The summed E-state index contributed by atoms with van der Waals surface area (Å²) in [6.45, 7) is 4.36. The molecule has 0 spiro atoms. The van der Waals surface area contributed by atoms with Gasteiger partial charge in [0.2, 0.25) is 0 Å². The van der Waals surface area contributed by atoms with E-state index in [9.17, 15) is 0 Å². The molecule has 0 aliphatic carbocycles. The second-order valence-corrected chi connectivity index (χ2v) is 4.63. The van der Waals surface area contributed by atoms with Crippen molar-refractivity contribution < 1.29 is 9.47 Å². The Morgan fingerprint density at radius 3 is 2.33 bits per heavy atom. The quantitative estimate of drug-likeness (QED) is 0.800. The van der Waals surface area contributed by atoms with Crippen LogP contribution in [-0.4, -0.2) is 20.3 Å². The van der Waals surface area contributed by atoms with Gasteiger partial charge < -0.3 is 14.8 Å². The zero-order valence-corrected chi connectivity index (χ0v) is 12.3. The van der Waals surface area contributed by atoms with Gasteiger partial charge in [0.1, 0.15) is 11.5 Å². The van der Waals surface area contributed by atoms with Crippen molar-refractivity contribution in [2.75, 3.05) is 19.5 Å². The number of anilines is 1. The molecule has 1 aromatic carbocycles. The minimum absolute atomic E-state index is 0.440. The highest BCUT2D eigenvalue weighted by molar-refractivity contribution is 6.32. The van der Waals surface area contributed by atoms with Crippen molar-refractivity contribution >= 4 is 17.3 Å². The minimum atomic E-state index is 0.440. The van der Waals surface area contributed by atoms with Gasteiger partial charge in [0.25, 0.3) is 0 Å².